The predicted octanol–water partition coefficient (Wildman–Crippen LogP) is -0.366. The molecular formula is C11H22N2O4. The number of amides is 1. The molecular weight excluding hydrogens is 224 g/mol. The van der Waals surface area contributed by atoms with E-state index in [1.54, 1.807) is 12.0 Å². The van der Waals surface area contributed by atoms with Gasteiger partial charge in [0.05, 0.1) is 20.2 Å². The molecule has 0 saturated carbocycles. The lowest BCUT2D eigenvalue weighted by Crippen LogP contribution is -2.40. The Hall–Kier alpha value is -1.14. The first-order chi connectivity index (χ1) is 8.13. The fraction of sp³-hybridized carbons (Fsp3) is 0.818. The third-order valence-electron chi connectivity index (χ3n) is 2.24. The van der Waals surface area contributed by atoms with Gasteiger partial charge in [0.15, 0.2) is 0 Å². The fourth-order valence-electron chi connectivity index (χ4n) is 1.23. The molecule has 6 nitrogen and oxygen atoms in total. The molecule has 0 bridgehead atoms. The van der Waals surface area contributed by atoms with E-state index >= 15 is 0 Å². The summed E-state index contributed by atoms with van der Waals surface area (Å²) in [5.41, 5.74) is 0. The highest BCUT2D eigenvalue weighted by atomic mass is 16.5. The Morgan fingerprint density at radius 2 is 1.94 bits per heavy atom. The van der Waals surface area contributed by atoms with Crippen LogP contribution < -0.4 is 5.32 Å². The standard InChI is InChI=1S/C11H22N2O4/c1-4-13(9-11(15)17-3)8-10(14)12-6-5-7-16-2/h4-9H2,1-3H3,(H,12,14). The minimum Gasteiger partial charge on any atom is -0.468 e. The maximum atomic E-state index is 11.5. The minimum absolute atomic E-state index is 0.0909. The maximum absolute atomic E-state index is 11.5. The zero-order valence-electron chi connectivity index (χ0n) is 10.8. The van der Waals surface area contributed by atoms with Crippen LogP contribution in [0.5, 0.6) is 0 Å². The topological polar surface area (TPSA) is 67.9 Å². The number of carbonyl (C=O) groups excluding carboxylic acids is 2. The monoisotopic (exact) mass is 246 g/mol. The van der Waals surface area contributed by atoms with Crippen LogP contribution in [0.2, 0.25) is 0 Å². The van der Waals surface area contributed by atoms with Gasteiger partial charge in [-0.25, -0.2) is 0 Å². The SMILES string of the molecule is CCN(CC(=O)NCCCOC)CC(=O)OC. The van der Waals surface area contributed by atoms with Gasteiger partial charge in [0, 0.05) is 20.3 Å². The van der Waals surface area contributed by atoms with Crippen molar-refractivity contribution < 1.29 is 19.1 Å². The predicted molar refractivity (Wildman–Crippen MR) is 63.6 cm³/mol. The second-order valence-electron chi connectivity index (χ2n) is 3.58. The molecule has 0 aromatic rings. The Kier molecular flexibility index (Phi) is 9.37. The highest BCUT2D eigenvalue weighted by Crippen LogP contribution is 1.89. The first-order valence-corrected chi connectivity index (χ1v) is 5.68. The summed E-state index contributed by atoms with van der Waals surface area (Å²) >= 11 is 0. The number of hydrogen-bond donors (Lipinski definition) is 1. The minimum atomic E-state index is -0.334. The van der Waals surface area contributed by atoms with Crippen molar-refractivity contribution in [3.05, 3.63) is 0 Å². The van der Waals surface area contributed by atoms with E-state index in [2.05, 4.69) is 10.1 Å². The van der Waals surface area contributed by atoms with Gasteiger partial charge in [-0.2, -0.15) is 0 Å². The number of carbonyl (C=O) groups is 2. The van der Waals surface area contributed by atoms with E-state index in [1.807, 2.05) is 6.92 Å². The Balaban J connectivity index is 3.78. The molecule has 0 aromatic heterocycles. The average molecular weight is 246 g/mol. The molecule has 1 amide bonds. The van der Waals surface area contributed by atoms with Crippen LogP contribution in [0.15, 0.2) is 0 Å². The van der Waals surface area contributed by atoms with E-state index in [0.717, 1.165) is 6.42 Å². The van der Waals surface area contributed by atoms with E-state index in [-0.39, 0.29) is 25.0 Å². The summed E-state index contributed by atoms with van der Waals surface area (Å²) in [5, 5.41) is 2.76. The maximum Gasteiger partial charge on any atom is 0.319 e. The third-order valence-corrected chi connectivity index (χ3v) is 2.24. The molecule has 0 spiro atoms. The summed E-state index contributed by atoms with van der Waals surface area (Å²) in [4.78, 5) is 24.3. The Morgan fingerprint density at radius 1 is 1.24 bits per heavy atom. The smallest absolute Gasteiger partial charge is 0.319 e. The van der Waals surface area contributed by atoms with Crippen molar-refractivity contribution in [2.75, 3.05) is 47.0 Å². The molecule has 0 aliphatic heterocycles. The molecule has 0 radical (unpaired) electrons. The van der Waals surface area contributed by atoms with Gasteiger partial charge in [0.2, 0.25) is 5.91 Å². The molecule has 17 heavy (non-hydrogen) atoms. The van der Waals surface area contributed by atoms with Gasteiger partial charge in [-0.1, -0.05) is 6.92 Å². The van der Waals surface area contributed by atoms with Crippen LogP contribution in [0.3, 0.4) is 0 Å². The Morgan fingerprint density at radius 3 is 2.47 bits per heavy atom. The molecule has 0 unspecified atom stereocenters. The third kappa shape index (κ3) is 8.65. The van der Waals surface area contributed by atoms with Crippen molar-refractivity contribution in [2.24, 2.45) is 0 Å². The molecule has 0 saturated heterocycles. The number of hydrogen-bond acceptors (Lipinski definition) is 5. The van der Waals surface area contributed by atoms with Crippen molar-refractivity contribution in [3.63, 3.8) is 0 Å². The lowest BCUT2D eigenvalue weighted by atomic mass is 10.4. The lowest BCUT2D eigenvalue weighted by molar-refractivity contribution is -0.142. The molecule has 0 aromatic carbocycles. The van der Waals surface area contributed by atoms with Crippen LogP contribution in [-0.4, -0.2) is 63.8 Å². The van der Waals surface area contributed by atoms with Crippen LogP contribution in [-0.2, 0) is 19.1 Å². The number of rotatable bonds is 9. The second-order valence-corrected chi connectivity index (χ2v) is 3.58. The zero-order valence-corrected chi connectivity index (χ0v) is 10.8. The summed E-state index contributed by atoms with van der Waals surface area (Å²) < 4.78 is 9.42. The molecule has 0 rings (SSSR count). The van der Waals surface area contributed by atoms with E-state index in [0.29, 0.717) is 19.7 Å². The van der Waals surface area contributed by atoms with Crippen LogP contribution in [0.1, 0.15) is 13.3 Å². The van der Waals surface area contributed by atoms with E-state index in [1.165, 1.54) is 7.11 Å². The largest absolute Gasteiger partial charge is 0.468 e. The first-order valence-electron chi connectivity index (χ1n) is 5.68. The summed E-state index contributed by atoms with van der Waals surface area (Å²) in [6, 6.07) is 0. The van der Waals surface area contributed by atoms with Crippen LogP contribution in [0.4, 0.5) is 0 Å². The van der Waals surface area contributed by atoms with E-state index in [9.17, 15) is 9.59 Å². The number of nitrogens with zero attached hydrogens (tertiary/aromatic N) is 1. The highest BCUT2D eigenvalue weighted by Gasteiger charge is 2.12. The van der Waals surface area contributed by atoms with Crippen molar-refractivity contribution >= 4 is 11.9 Å². The Bertz CT molecular complexity index is 234. The van der Waals surface area contributed by atoms with Gasteiger partial charge in [0.25, 0.3) is 0 Å². The number of nitrogens with one attached hydrogen (secondary N) is 1. The van der Waals surface area contributed by atoms with Crippen LogP contribution >= 0.6 is 0 Å². The number of esters is 1. The molecule has 1 N–H and O–H groups in total. The van der Waals surface area contributed by atoms with E-state index < -0.39 is 0 Å². The van der Waals surface area contributed by atoms with Crippen LogP contribution in [0, 0.1) is 0 Å². The molecule has 0 aliphatic carbocycles. The summed E-state index contributed by atoms with van der Waals surface area (Å²) in [7, 11) is 2.96. The van der Waals surface area contributed by atoms with Crippen molar-refractivity contribution in [1.29, 1.82) is 0 Å². The Labute approximate surface area is 102 Å². The number of methoxy groups -OCH3 is 2. The number of ether oxygens (including phenoxy) is 2. The molecule has 0 fully saturated rings. The van der Waals surface area contributed by atoms with Gasteiger partial charge in [-0.15, -0.1) is 0 Å². The lowest BCUT2D eigenvalue weighted by Gasteiger charge is -2.18. The quantitative estimate of drug-likeness (QED) is 0.444. The first kappa shape index (κ1) is 15.9. The van der Waals surface area contributed by atoms with Crippen molar-refractivity contribution in [1.82, 2.24) is 10.2 Å². The highest BCUT2D eigenvalue weighted by molar-refractivity contribution is 5.79. The van der Waals surface area contributed by atoms with Gasteiger partial charge in [-0.05, 0) is 13.0 Å². The number of likely N-dealkylation sites (N-methyl/N-ethyl adjacent to an activating group) is 1. The molecule has 0 atom stereocenters. The van der Waals surface area contributed by atoms with E-state index in [4.69, 9.17) is 4.74 Å². The van der Waals surface area contributed by atoms with Gasteiger partial charge in [-0.3, -0.25) is 14.5 Å². The second kappa shape index (κ2) is 10.0. The zero-order chi connectivity index (χ0) is 13.1. The summed E-state index contributed by atoms with van der Waals surface area (Å²) in [5.74, 6) is -0.425. The summed E-state index contributed by atoms with van der Waals surface area (Å²) in [6.07, 6.45) is 0.783. The molecule has 0 heterocycles. The van der Waals surface area contributed by atoms with Crippen molar-refractivity contribution in [3.8, 4) is 0 Å². The molecule has 6 heteroatoms. The average Bonchev–Trinajstić information content (AvgIpc) is 2.33. The summed E-state index contributed by atoms with van der Waals surface area (Å²) in [6.45, 7) is 4.07. The fourth-order valence-corrected chi connectivity index (χ4v) is 1.23. The van der Waals surface area contributed by atoms with Gasteiger partial charge >= 0.3 is 5.97 Å². The molecule has 0 aliphatic rings. The van der Waals surface area contributed by atoms with Crippen molar-refractivity contribution in [2.45, 2.75) is 13.3 Å². The van der Waals surface area contributed by atoms with Crippen LogP contribution in [0.25, 0.3) is 0 Å². The molecule has 100 valence electrons. The van der Waals surface area contributed by atoms with Gasteiger partial charge in [0.1, 0.15) is 0 Å². The normalized spacial score (nSPS) is 10.4. The van der Waals surface area contributed by atoms with Gasteiger partial charge < -0.3 is 14.8 Å².